The van der Waals surface area contributed by atoms with Crippen molar-refractivity contribution in [2.45, 2.75) is 45.3 Å². The molecule has 0 amide bonds. The summed E-state index contributed by atoms with van der Waals surface area (Å²) < 4.78 is 0. The van der Waals surface area contributed by atoms with E-state index >= 15 is 0 Å². The quantitative estimate of drug-likeness (QED) is 0.666. The van der Waals surface area contributed by atoms with Crippen molar-refractivity contribution in [3.63, 3.8) is 0 Å². The summed E-state index contributed by atoms with van der Waals surface area (Å²) in [6.07, 6.45) is 7.21. The molecule has 4 nitrogen and oxygen atoms in total. The monoisotopic (exact) mass is 434 g/mol. The fraction of sp³-hybridized carbons (Fsp3) is 0.478. The second-order valence-electron chi connectivity index (χ2n) is 8.78. The second kappa shape index (κ2) is 8.63. The maximum Gasteiger partial charge on any atom is 0.118 e. The summed E-state index contributed by atoms with van der Waals surface area (Å²) >= 11 is 13.0. The van der Waals surface area contributed by atoms with Crippen LogP contribution in [0.1, 0.15) is 33.1 Å². The van der Waals surface area contributed by atoms with Gasteiger partial charge in [-0.3, -0.25) is 4.90 Å². The molecule has 3 rings (SSSR count). The number of para-hydroxylation sites is 1. The molecular weight excluding hydrogens is 403 g/mol. The van der Waals surface area contributed by atoms with Gasteiger partial charge in [-0.25, -0.2) is 0 Å². The van der Waals surface area contributed by atoms with Gasteiger partial charge in [-0.2, -0.15) is 0 Å². The summed E-state index contributed by atoms with van der Waals surface area (Å²) in [5, 5.41) is 5.17. The molecule has 29 heavy (non-hydrogen) atoms. The zero-order chi connectivity index (χ0) is 21.3. The van der Waals surface area contributed by atoms with Gasteiger partial charge < -0.3 is 16.0 Å². The number of nitrogens with one attached hydrogen (secondary N) is 1. The molecule has 0 saturated heterocycles. The SMILES string of the molecule is CC1=C(N)CC(C)(C2=CN(C)C(N(C)C)C(Cl)=C2)CCC1Nc1ccccc1Cl. The third-order valence-electron chi connectivity index (χ3n) is 6.25. The Balaban J connectivity index is 1.85. The fourth-order valence-electron chi connectivity index (χ4n) is 4.43. The highest BCUT2D eigenvalue weighted by molar-refractivity contribution is 6.33. The summed E-state index contributed by atoms with van der Waals surface area (Å²) in [5.74, 6) is 0. The van der Waals surface area contributed by atoms with Gasteiger partial charge in [0.15, 0.2) is 0 Å². The minimum Gasteiger partial charge on any atom is -0.402 e. The first kappa shape index (κ1) is 22.1. The molecule has 3 N–H and O–H groups in total. The number of nitrogens with zero attached hydrogens (tertiary/aromatic N) is 2. The van der Waals surface area contributed by atoms with Crippen LogP contribution in [0.4, 0.5) is 5.69 Å². The number of benzene rings is 1. The molecule has 2 aliphatic rings. The average molecular weight is 435 g/mol. The van der Waals surface area contributed by atoms with Crippen molar-refractivity contribution >= 4 is 28.9 Å². The van der Waals surface area contributed by atoms with Crippen LogP contribution in [0.3, 0.4) is 0 Å². The summed E-state index contributed by atoms with van der Waals surface area (Å²) in [7, 11) is 6.16. The molecular formula is C23H32Cl2N4. The molecule has 1 aliphatic carbocycles. The number of likely N-dealkylation sites (N-methyl/N-ethyl adjacent to an activating group) is 2. The van der Waals surface area contributed by atoms with Crippen LogP contribution < -0.4 is 11.1 Å². The second-order valence-corrected chi connectivity index (χ2v) is 9.62. The van der Waals surface area contributed by atoms with Gasteiger partial charge in [-0.1, -0.05) is 42.3 Å². The smallest absolute Gasteiger partial charge is 0.118 e. The highest BCUT2D eigenvalue weighted by atomic mass is 35.5. The number of allylic oxidation sites excluding steroid dienone is 3. The molecule has 0 spiro atoms. The Morgan fingerprint density at radius 1 is 1.24 bits per heavy atom. The van der Waals surface area contributed by atoms with Crippen LogP contribution >= 0.6 is 23.2 Å². The van der Waals surface area contributed by atoms with E-state index in [0.29, 0.717) is 0 Å². The van der Waals surface area contributed by atoms with Crippen molar-refractivity contribution in [1.82, 2.24) is 9.80 Å². The Labute approximate surface area is 185 Å². The maximum atomic E-state index is 6.67. The number of rotatable bonds is 4. The van der Waals surface area contributed by atoms with E-state index in [0.717, 1.165) is 40.7 Å². The van der Waals surface area contributed by atoms with E-state index in [1.807, 2.05) is 38.4 Å². The minimum atomic E-state index is -0.0755. The Morgan fingerprint density at radius 3 is 2.55 bits per heavy atom. The lowest BCUT2D eigenvalue weighted by Gasteiger charge is -2.40. The lowest BCUT2D eigenvalue weighted by atomic mass is 9.74. The Hall–Kier alpha value is -1.62. The fourth-order valence-corrected chi connectivity index (χ4v) is 5.09. The van der Waals surface area contributed by atoms with Gasteiger partial charge in [0, 0.05) is 25.0 Å². The van der Waals surface area contributed by atoms with Crippen LogP contribution in [0.15, 0.2) is 58.4 Å². The van der Waals surface area contributed by atoms with Crippen LogP contribution in [0.2, 0.25) is 5.02 Å². The van der Waals surface area contributed by atoms with Crippen LogP contribution in [-0.4, -0.2) is 43.2 Å². The van der Waals surface area contributed by atoms with E-state index in [1.165, 1.54) is 11.1 Å². The lowest BCUT2D eigenvalue weighted by molar-refractivity contribution is 0.181. The summed E-state index contributed by atoms with van der Waals surface area (Å²) in [4.78, 5) is 4.30. The Bertz CT molecular complexity index is 858. The normalized spacial score (nSPS) is 28.2. The van der Waals surface area contributed by atoms with Crippen molar-refractivity contribution in [1.29, 1.82) is 0 Å². The maximum absolute atomic E-state index is 6.67. The van der Waals surface area contributed by atoms with Crippen molar-refractivity contribution < 1.29 is 0 Å². The van der Waals surface area contributed by atoms with E-state index in [-0.39, 0.29) is 17.6 Å². The summed E-state index contributed by atoms with van der Waals surface area (Å²) in [6, 6.07) is 8.02. The van der Waals surface area contributed by atoms with Crippen LogP contribution in [0.25, 0.3) is 0 Å². The van der Waals surface area contributed by atoms with Gasteiger partial charge in [-0.15, -0.1) is 0 Å². The Kier molecular flexibility index (Phi) is 6.57. The van der Waals surface area contributed by atoms with E-state index in [4.69, 9.17) is 28.9 Å². The molecule has 6 heteroatoms. The van der Waals surface area contributed by atoms with E-state index < -0.39 is 0 Å². The number of hydrogen-bond acceptors (Lipinski definition) is 4. The molecule has 0 fully saturated rings. The first-order valence-corrected chi connectivity index (χ1v) is 10.8. The molecule has 3 atom stereocenters. The van der Waals surface area contributed by atoms with Crippen molar-refractivity contribution in [2.24, 2.45) is 11.1 Å². The molecule has 1 aromatic rings. The van der Waals surface area contributed by atoms with Gasteiger partial charge in [0.1, 0.15) is 6.17 Å². The predicted molar refractivity (Wildman–Crippen MR) is 125 cm³/mol. The molecule has 0 radical (unpaired) electrons. The van der Waals surface area contributed by atoms with Crippen LogP contribution in [-0.2, 0) is 0 Å². The first-order valence-electron chi connectivity index (χ1n) is 10.1. The highest BCUT2D eigenvalue weighted by Crippen LogP contribution is 2.45. The molecule has 1 aliphatic heterocycles. The van der Waals surface area contributed by atoms with Gasteiger partial charge in [0.25, 0.3) is 0 Å². The molecule has 1 heterocycles. The average Bonchev–Trinajstić information content (AvgIpc) is 2.74. The largest absolute Gasteiger partial charge is 0.402 e. The van der Waals surface area contributed by atoms with Crippen molar-refractivity contribution in [3.05, 3.63) is 63.4 Å². The summed E-state index contributed by atoms with van der Waals surface area (Å²) in [6.45, 7) is 4.42. The molecule has 0 bridgehead atoms. The zero-order valence-corrected chi connectivity index (χ0v) is 19.5. The van der Waals surface area contributed by atoms with Crippen LogP contribution in [0.5, 0.6) is 0 Å². The molecule has 0 aromatic heterocycles. The number of anilines is 1. The van der Waals surface area contributed by atoms with Gasteiger partial charge in [-0.05, 0) is 75.1 Å². The molecule has 0 saturated carbocycles. The topological polar surface area (TPSA) is 44.5 Å². The van der Waals surface area contributed by atoms with Gasteiger partial charge in [0.2, 0.25) is 0 Å². The molecule has 158 valence electrons. The third kappa shape index (κ3) is 4.60. The zero-order valence-electron chi connectivity index (χ0n) is 18.0. The van der Waals surface area contributed by atoms with Crippen LogP contribution in [0, 0.1) is 5.41 Å². The summed E-state index contributed by atoms with van der Waals surface area (Å²) in [5.41, 5.74) is 10.8. The van der Waals surface area contributed by atoms with E-state index in [2.05, 4.69) is 48.3 Å². The van der Waals surface area contributed by atoms with E-state index in [1.54, 1.807) is 0 Å². The van der Waals surface area contributed by atoms with Crippen molar-refractivity contribution in [2.75, 3.05) is 26.5 Å². The van der Waals surface area contributed by atoms with Gasteiger partial charge in [0.05, 0.1) is 15.7 Å². The lowest BCUT2D eigenvalue weighted by Crippen LogP contribution is -2.43. The molecule has 1 aromatic carbocycles. The van der Waals surface area contributed by atoms with Gasteiger partial charge >= 0.3 is 0 Å². The number of nitrogens with two attached hydrogens (primary N) is 1. The van der Waals surface area contributed by atoms with Crippen molar-refractivity contribution in [3.8, 4) is 0 Å². The standard InChI is InChI=1S/C23H32Cl2N4/c1-15-19(26)13-23(2,16-12-18(25)22(28(3)4)29(5)14-16)11-10-20(15)27-21-9-7-6-8-17(21)24/h6-9,12,14,20,22,27H,10-11,13,26H2,1-5H3. The number of halogens is 2. The molecule has 3 unspecified atom stereocenters. The minimum absolute atomic E-state index is 0.0686. The third-order valence-corrected chi connectivity index (χ3v) is 6.89. The Morgan fingerprint density at radius 2 is 1.93 bits per heavy atom. The highest BCUT2D eigenvalue weighted by Gasteiger charge is 2.36. The predicted octanol–water partition coefficient (Wildman–Crippen LogP) is 5.38. The number of hydrogen-bond donors (Lipinski definition) is 2. The van der Waals surface area contributed by atoms with E-state index in [9.17, 15) is 0 Å². The first-order chi connectivity index (χ1) is 13.6.